The lowest BCUT2D eigenvalue weighted by molar-refractivity contribution is 0.440. The largest absolute Gasteiger partial charge is 0.365 e. The van der Waals surface area contributed by atoms with Crippen LogP contribution < -0.4 is 0 Å². The van der Waals surface area contributed by atoms with E-state index >= 15 is 0 Å². The van der Waals surface area contributed by atoms with Crippen LogP contribution in [0.2, 0.25) is 0 Å². The second-order valence-electron chi connectivity index (χ2n) is 3.67. The molecule has 0 aliphatic carbocycles. The summed E-state index contributed by atoms with van der Waals surface area (Å²) in [6.07, 6.45) is 1.91. The fourth-order valence-corrected chi connectivity index (χ4v) is 1.98. The highest BCUT2D eigenvalue weighted by Crippen LogP contribution is 2.21. The van der Waals surface area contributed by atoms with Crippen LogP contribution in [0, 0.1) is 0 Å². The molecule has 14 heavy (non-hydrogen) atoms. The standard InChI is InChI=1S/C11H13BrN2/c1-14-7-10(6-13-8-14)9-2-4-11(12)5-3-9/h2-5,8,10H,6-7H2,1H3. The van der Waals surface area contributed by atoms with E-state index in [2.05, 4.69) is 57.1 Å². The number of hydrogen-bond donors (Lipinski definition) is 0. The first-order valence-corrected chi connectivity index (χ1v) is 5.50. The Balaban J connectivity index is 2.15. The molecule has 1 unspecified atom stereocenters. The van der Waals surface area contributed by atoms with Crippen molar-refractivity contribution in [3.05, 3.63) is 34.3 Å². The van der Waals surface area contributed by atoms with Crippen LogP contribution >= 0.6 is 15.9 Å². The van der Waals surface area contributed by atoms with Crippen LogP contribution in [-0.2, 0) is 0 Å². The fraction of sp³-hybridized carbons (Fsp3) is 0.364. The quantitative estimate of drug-likeness (QED) is 0.750. The molecule has 0 fully saturated rings. The Hall–Kier alpha value is -0.830. The molecule has 2 nitrogen and oxygen atoms in total. The van der Waals surface area contributed by atoms with Crippen LogP contribution in [0.5, 0.6) is 0 Å². The van der Waals surface area contributed by atoms with E-state index in [1.807, 2.05) is 6.34 Å². The van der Waals surface area contributed by atoms with Crippen molar-refractivity contribution in [3.8, 4) is 0 Å². The maximum absolute atomic E-state index is 4.33. The molecule has 1 heterocycles. The van der Waals surface area contributed by atoms with E-state index in [1.54, 1.807) is 0 Å². The normalized spacial score (nSPS) is 21.3. The van der Waals surface area contributed by atoms with Crippen molar-refractivity contribution in [2.24, 2.45) is 4.99 Å². The van der Waals surface area contributed by atoms with Gasteiger partial charge in [0.05, 0.1) is 6.34 Å². The molecule has 0 saturated heterocycles. The fourth-order valence-electron chi connectivity index (χ4n) is 1.71. The van der Waals surface area contributed by atoms with Crippen LogP contribution in [0.3, 0.4) is 0 Å². The zero-order valence-electron chi connectivity index (χ0n) is 8.15. The highest BCUT2D eigenvalue weighted by Gasteiger charge is 2.15. The van der Waals surface area contributed by atoms with Gasteiger partial charge in [-0.3, -0.25) is 4.99 Å². The lowest BCUT2D eigenvalue weighted by Gasteiger charge is -2.25. The third-order valence-electron chi connectivity index (χ3n) is 2.45. The van der Waals surface area contributed by atoms with Gasteiger partial charge in [-0.2, -0.15) is 0 Å². The van der Waals surface area contributed by atoms with Crippen molar-refractivity contribution in [1.82, 2.24) is 4.90 Å². The zero-order valence-corrected chi connectivity index (χ0v) is 9.74. The van der Waals surface area contributed by atoms with Crippen molar-refractivity contribution in [2.75, 3.05) is 20.1 Å². The highest BCUT2D eigenvalue weighted by molar-refractivity contribution is 9.10. The van der Waals surface area contributed by atoms with E-state index in [0.29, 0.717) is 5.92 Å². The molecule has 0 N–H and O–H groups in total. The molecule has 1 aromatic carbocycles. The third kappa shape index (κ3) is 2.15. The van der Waals surface area contributed by atoms with Gasteiger partial charge in [-0.05, 0) is 17.7 Å². The molecule has 1 atom stereocenters. The summed E-state index contributed by atoms with van der Waals surface area (Å²) < 4.78 is 1.13. The maximum atomic E-state index is 4.33. The van der Waals surface area contributed by atoms with E-state index in [0.717, 1.165) is 17.6 Å². The molecule has 1 aliphatic heterocycles. The van der Waals surface area contributed by atoms with Gasteiger partial charge >= 0.3 is 0 Å². The van der Waals surface area contributed by atoms with Crippen molar-refractivity contribution < 1.29 is 0 Å². The van der Waals surface area contributed by atoms with E-state index in [1.165, 1.54) is 5.56 Å². The minimum absolute atomic E-state index is 0.540. The zero-order chi connectivity index (χ0) is 9.97. The summed E-state index contributed by atoms with van der Waals surface area (Å²) in [5.74, 6) is 0.540. The number of benzene rings is 1. The lowest BCUT2D eigenvalue weighted by Crippen LogP contribution is -2.29. The number of halogens is 1. The Bertz CT molecular complexity index is 332. The highest BCUT2D eigenvalue weighted by atomic mass is 79.9. The van der Waals surface area contributed by atoms with Crippen LogP contribution in [-0.4, -0.2) is 31.4 Å². The minimum Gasteiger partial charge on any atom is -0.365 e. The first-order valence-electron chi connectivity index (χ1n) is 4.71. The molecule has 0 bridgehead atoms. The van der Waals surface area contributed by atoms with Gasteiger partial charge in [-0.1, -0.05) is 28.1 Å². The van der Waals surface area contributed by atoms with Gasteiger partial charge in [0.25, 0.3) is 0 Å². The Morgan fingerprint density at radius 3 is 2.71 bits per heavy atom. The van der Waals surface area contributed by atoms with Gasteiger partial charge in [-0.25, -0.2) is 0 Å². The van der Waals surface area contributed by atoms with Crippen LogP contribution in [0.1, 0.15) is 11.5 Å². The minimum atomic E-state index is 0.540. The summed E-state index contributed by atoms with van der Waals surface area (Å²) in [5, 5.41) is 0. The number of hydrogen-bond acceptors (Lipinski definition) is 2. The number of rotatable bonds is 1. The second kappa shape index (κ2) is 4.13. The van der Waals surface area contributed by atoms with Crippen LogP contribution in [0.25, 0.3) is 0 Å². The Labute approximate surface area is 92.8 Å². The average Bonchev–Trinajstić information content (AvgIpc) is 2.19. The number of aliphatic imine (C=N–C) groups is 1. The summed E-state index contributed by atoms with van der Waals surface area (Å²) in [4.78, 5) is 6.46. The summed E-state index contributed by atoms with van der Waals surface area (Å²) >= 11 is 3.44. The van der Waals surface area contributed by atoms with E-state index < -0.39 is 0 Å². The predicted molar refractivity (Wildman–Crippen MR) is 62.9 cm³/mol. The monoisotopic (exact) mass is 252 g/mol. The molecule has 74 valence electrons. The Morgan fingerprint density at radius 1 is 1.36 bits per heavy atom. The van der Waals surface area contributed by atoms with E-state index in [-0.39, 0.29) is 0 Å². The Morgan fingerprint density at radius 2 is 2.07 bits per heavy atom. The molecule has 1 aromatic rings. The molecule has 0 amide bonds. The summed E-state index contributed by atoms with van der Waals surface area (Å²) in [7, 11) is 2.06. The lowest BCUT2D eigenvalue weighted by atomic mass is 9.98. The van der Waals surface area contributed by atoms with Crippen LogP contribution in [0.4, 0.5) is 0 Å². The molecule has 3 heteroatoms. The molecule has 0 aromatic heterocycles. The van der Waals surface area contributed by atoms with Gasteiger partial charge in [0.15, 0.2) is 0 Å². The van der Waals surface area contributed by atoms with E-state index in [9.17, 15) is 0 Å². The van der Waals surface area contributed by atoms with Crippen molar-refractivity contribution >= 4 is 22.3 Å². The average molecular weight is 253 g/mol. The van der Waals surface area contributed by atoms with Crippen molar-refractivity contribution in [3.63, 3.8) is 0 Å². The van der Waals surface area contributed by atoms with Gasteiger partial charge in [0, 0.05) is 30.5 Å². The first kappa shape index (κ1) is 9.71. The maximum Gasteiger partial charge on any atom is 0.0847 e. The second-order valence-corrected chi connectivity index (χ2v) is 4.58. The van der Waals surface area contributed by atoms with E-state index in [4.69, 9.17) is 0 Å². The van der Waals surface area contributed by atoms with Gasteiger partial charge in [-0.15, -0.1) is 0 Å². The van der Waals surface area contributed by atoms with Crippen molar-refractivity contribution in [1.29, 1.82) is 0 Å². The summed E-state index contributed by atoms with van der Waals surface area (Å²) in [6, 6.07) is 8.52. The topological polar surface area (TPSA) is 15.6 Å². The summed E-state index contributed by atoms with van der Waals surface area (Å²) in [5.41, 5.74) is 1.37. The Kier molecular flexibility index (Phi) is 2.87. The van der Waals surface area contributed by atoms with Gasteiger partial charge in [0.2, 0.25) is 0 Å². The number of nitrogens with zero attached hydrogens (tertiary/aromatic N) is 2. The third-order valence-corrected chi connectivity index (χ3v) is 2.98. The van der Waals surface area contributed by atoms with Gasteiger partial charge < -0.3 is 4.90 Å². The molecular formula is C11H13BrN2. The van der Waals surface area contributed by atoms with Crippen molar-refractivity contribution in [2.45, 2.75) is 5.92 Å². The molecule has 1 aliphatic rings. The molecular weight excluding hydrogens is 240 g/mol. The molecule has 0 saturated carbocycles. The first-order chi connectivity index (χ1) is 6.75. The summed E-state index contributed by atoms with van der Waals surface area (Å²) in [6.45, 7) is 1.97. The van der Waals surface area contributed by atoms with Gasteiger partial charge in [0.1, 0.15) is 0 Å². The predicted octanol–water partition coefficient (Wildman–Crippen LogP) is 2.51. The molecule has 0 radical (unpaired) electrons. The SMILES string of the molecule is CN1C=NCC(c2ccc(Br)cc2)C1. The molecule has 2 rings (SSSR count). The van der Waals surface area contributed by atoms with Crippen LogP contribution in [0.15, 0.2) is 33.7 Å². The number of likely N-dealkylation sites (N-methyl/N-ethyl adjacent to an activating group) is 1. The smallest absolute Gasteiger partial charge is 0.0847 e. The molecule has 0 spiro atoms.